The molecule has 33 heavy (non-hydrogen) atoms. The smallest absolute Gasteiger partial charge is 0.269 e. The molecule has 1 aliphatic carbocycles. The summed E-state index contributed by atoms with van der Waals surface area (Å²) in [5.74, 6) is -0.168. The fourth-order valence-corrected chi connectivity index (χ4v) is 4.92. The Labute approximate surface area is 194 Å². The van der Waals surface area contributed by atoms with E-state index in [1.807, 2.05) is 6.07 Å². The van der Waals surface area contributed by atoms with Gasteiger partial charge in [0.2, 0.25) is 5.13 Å². The number of rotatable bonds is 6. The minimum atomic E-state index is -0.558. The molecule has 1 fully saturated rings. The van der Waals surface area contributed by atoms with E-state index in [-0.39, 0.29) is 11.3 Å². The van der Waals surface area contributed by atoms with E-state index in [1.165, 1.54) is 48.8 Å². The van der Waals surface area contributed by atoms with Crippen molar-refractivity contribution in [3.05, 3.63) is 68.5 Å². The Morgan fingerprint density at radius 3 is 2.79 bits per heavy atom. The highest BCUT2D eigenvalue weighted by molar-refractivity contribution is 7.15. The molecular weight excluding hydrogens is 440 g/mol. The summed E-state index contributed by atoms with van der Waals surface area (Å²) < 4.78 is 1.77. The summed E-state index contributed by atoms with van der Waals surface area (Å²) in [5.41, 5.74) is 1.93. The van der Waals surface area contributed by atoms with E-state index < -0.39 is 10.8 Å². The number of nitrogens with one attached hydrogen (secondary N) is 1. The van der Waals surface area contributed by atoms with E-state index >= 15 is 0 Å². The molecule has 1 saturated carbocycles. The van der Waals surface area contributed by atoms with E-state index in [2.05, 4.69) is 15.5 Å². The first-order valence-corrected chi connectivity index (χ1v) is 11.5. The second-order valence-corrected chi connectivity index (χ2v) is 8.94. The van der Waals surface area contributed by atoms with Crippen molar-refractivity contribution < 1.29 is 9.72 Å². The Balaban J connectivity index is 1.54. The summed E-state index contributed by atoms with van der Waals surface area (Å²) in [7, 11) is 0. The van der Waals surface area contributed by atoms with Crippen LogP contribution in [0.5, 0.6) is 0 Å². The number of amides is 1. The van der Waals surface area contributed by atoms with Gasteiger partial charge >= 0.3 is 0 Å². The van der Waals surface area contributed by atoms with Crippen LogP contribution in [0.1, 0.15) is 54.3 Å². The molecule has 168 valence electrons. The minimum Gasteiger partial charge on any atom is -0.317 e. The van der Waals surface area contributed by atoms with Crippen LogP contribution in [0.25, 0.3) is 11.8 Å². The molecule has 0 unspecified atom stereocenters. The Bertz CT molecular complexity index is 1260. The number of carbonyl (C=O) groups excluding carboxylic acids is 1. The maximum atomic E-state index is 12.7. The average molecular weight is 463 g/mol. The van der Waals surface area contributed by atoms with Gasteiger partial charge in [-0.25, -0.2) is 0 Å². The summed E-state index contributed by atoms with van der Waals surface area (Å²) in [5, 5.41) is 32.9. The SMILES string of the molecule is Cc1cc([N+](=O)[O-])ccc1-n1cccc1C=C(C#N)C(=O)Nc1nnc(C2CCCCC2)s1. The molecule has 2 heterocycles. The molecule has 2 aromatic heterocycles. The third-order valence-electron chi connectivity index (χ3n) is 5.70. The van der Waals surface area contributed by atoms with Crippen LogP contribution >= 0.6 is 11.3 Å². The molecule has 0 bridgehead atoms. The van der Waals surface area contributed by atoms with Crippen LogP contribution in [-0.4, -0.2) is 25.6 Å². The number of nitro benzene ring substituents is 1. The van der Waals surface area contributed by atoms with Crippen molar-refractivity contribution in [2.24, 2.45) is 0 Å². The lowest BCUT2D eigenvalue weighted by Gasteiger charge is -2.18. The van der Waals surface area contributed by atoms with Gasteiger partial charge in [0, 0.05) is 35.6 Å². The van der Waals surface area contributed by atoms with E-state index in [9.17, 15) is 20.2 Å². The number of aromatic nitrogens is 3. The third-order valence-corrected chi connectivity index (χ3v) is 6.71. The summed E-state index contributed by atoms with van der Waals surface area (Å²) in [4.78, 5) is 23.3. The second kappa shape index (κ2) is 9.75. The Morgan fingerprint density at radius 2 is 2.09 bits per heavy atom. The summed E-state index contributed by atoms with van der Waals surface area (Å²) in [6, 6.07) is 10.0. The maximum Gasteiger partial charge on any atom is 0.269 e. The second-order valence-electron chi connectivity index (χ2n) is 7.94. The van der Waals surface area contributed by atoms with E-state index in [4.69, 9.17) is 0 Å². The molecule has 0 radical (unpaired) electrons. The number of nitro groups is 1. The summed E-state index contributed by atoms with van der Waals surface area (Å²) >= 11 is 1.36. The van der Waals surface area contributed by atoms with E-state index in [0.717, 1.165) is 23.5 Å². The highest BCUT2D eigenvalue weighted by atomic mass is 32.1. The highest BCUT2D eigenvalue weighted by Crippen LogP contribution is 2.35. The zero-order valence-corrected chi connectivity index (χ0v) is 18.8. The van der Waals surface area contributed by atoms with Gasteiger partial charge in [-0.05, 0) is 49.6 Å². The van der Waals surface area contributed by atoms with Crippen LogP contribution < -0.4 is 5.32 Å². The van der Waals surface area contributed by atoms with Crippen molar-refractivity contribution in [2.45, 2.75) is 44.9 Å². The van der Waals surface area contributed by atoms with Gasteiger partial charge in [-0.2, -0.15) is 5.26 Å². The van der Waals surface area contributed by atoms with Crippen molar-refractivity contribution >= 4 is 34.1 Å². The number of benzene rings is 1. The highest BCUT2D eigenvalue weighted by Gasteiger charge is 2.21. The number of carbonyl (C=O) groups is 1. The molecule has 10 heteroatoms. The van der Waals surface area contributed by atoms with E-state index in [1.54, 1.807) is 35.9 Å². The van der Waals surface area contributed by atoms with Crippen molar-refractivity contribution in [3.8, 4) is 11.8 Å². The molecular formula is C23H22N6O3S. The van der Waals surface area contributed by atoms with Gasteiger partial charge in [0.15, 0.2) is 0 Å². The number of hydrogen-bond donors (Lipinski definition) is 1. The average Bonchev–Trinajstić information content (AvgIpc) is 3.47. The number of anilines is 1. The topological polar surface area (TPSA) is 127 Å². The first-order valence-electron chi connectivity index (χ1n) is 10.7. The van der Waals surface area contributed by atoms with Gasteiger partial charge in [-0.15, -0.1) is 10.2 Å². The van der Waals surface area contributed by atoms with E-state index in [0.29, 0.717) is 22.3 Å². The number of nitrogens with zero attached hydrogens (tertiary/aromatic N) is 5. The minimum absolute atomic E-state index is 0.00208. The summed E-state index contributed by atoms with van der Waals surface area (Å²) in [6.45, 7) is 1.77. The largest absolute Gasteiger partial charge is 0.317 e. The van der Waals surface area contributed by atoms with Crippen LogP contribution in [0, 0.1) is 28.4 Å². The number of aryl methyl sites for hydroxylation is 1. The van der Waals surface area contributed by atoms with Crippen molar-refractivity contribution in [3.63, 3.8) is 0 Å². The van der Waals surface area contributed by atoms with Crippen LogP contribution in [0.15, 0.2) is 42.1 Å². The molecule has 0 saturated heterocycles. The molecule has 3 aromatic rings. The van der Waals surface area contributed by atoms with Gasteiger partial charge in [-0.3, -0.25) is 20.2 Å². The lowest BCUT2D eigenvalue weighted by atomic mass is 9.90. The Hall–Kier alpha value is -3.84. The first-order chi connectivity index (χ1) is 16.0. The van der Waals surface area contributed by atoms with Crippen LogP contribution in [0.4, 0.5) is 10.8 Å². The molecule has 0 spiro atoms. The van der Waals surface area contributed by atoms with Crippen LogP contribution in [0.3, 0.4) is 0 Å². The van der Waals surface area contributed by atoms with Crippen LogP contribution in [-0.2, 0) is 4.79 Å². The zero-order valence-electron chi connectivity index (χ0n) is 18.0. The van der Waals surface area contributed by atoms with Gasteiger partial charge in [-0.1, -0.05) is 30.6 Å². The van der Waals surface area contributed by atoms with Gasteiger partial charge < -0.3 is 4.57 Å². The first kappa shape index (κ1) is 22.4. The number of nitriles is 1. The third kappa shape index (κ3) is 4.99. The van der Waals surface area contributed by atoms with Crippen molar-refractivity contribution in [2.75, 3.05) is 5.32 Å². The molecule has 4 rings (SSSR count). The lowest BCUT2D eigenvalue weighted by molar-refractivity contribution is -0.384. The fraction of sp³-hybridized carbons (Fsp3) is 0.304. The van der Waals surface area contributed by atoms with Crippen LogP contribution in [0.2, 0.25) is 0 Å². The zero-order chi connectivity index (χ0) is 23.4. The predicted octanol–water partition coefficient (Wildman–Crippen LogP) is 5.14. The predicted molar refractivity (Wildman–Crippen MR) is 125 cm³/mol. The molecule has 1 aliphatic rings. The van der Waals surface area contributed by atoms with Gasteiger partial charge in [0.25, 0.3) is 11.6 Å². The summed E-state index contributed by atoms with van der Waals surface area (Å²) in [6.07, 6.45) is 9.04. The molecule has 0 atom stereocenters. The molecule has 1 N–H and O–H groups in total. The number of non-ortho nitro benzene ring substituents is 1. The number of hydrogen-bond acceptors (Lipinski definition) is 7. The van der Waals surface area contributed by atoms with Gasteiger partial charge in [0.05, 0.1) is 4.92 Å². The molecule has 1 amide bonds. The normalized spacial score (nSPS) is 14.6. The maximum absolute atomic E-state index is 12.7. The fourth-order valence-electron chi connectivity index (χ4n) is 4.02. The molecule has 9 nitrogen and oxygen atoms in total. The quantitative estimate of drug-likeness (QED) is 0.234. The standard InChI is InChI=1S/C23H22N6O3S/c1-15-12-19(29(31)32)9-10-20(15)28-11-5-8-18(28)13-17(14-24)21(30)25-23-27-26-22(33-23)16-6-3-2-4-7-16/h5,8-13,16H,2-4,6-7H2,1H3,(H,25,27,30). The monoisotopic (exact) mass is 462 g/mol. The Kier molecular flexibility index (Phi) is 6.60. The molecule has 0 aliphatic heterocycles. The lowest BCUT2D eigenvalue weighted by Crippen LogP contribution is -2.13. The molecule has 1 aromatic carbocycles. The van der Waals surface area contributed by atoms with Gasteiger partial charge in [0.1, 0.15) is 16.6 Å². The Morgan fingerprint density at radius 1 is 1.30 bits per heavy atom. The van der Waals surface area contributed by atoms with Crippen molar-refractivity contribution in [1.29, 1.82) is 5.26 Å². The van der Waals surface area contributed by atoms with Crippen molar-refractivity contribution in [1.82, 2.24) is 14.8 Å².